The van der Waals surface area contributed by atoms with Crippen molar-refractivity contribution in [2.45, 2.75) is 18.9 Å². The summed E-state index contributed by atoms with van der Waals surface area (Å²) >= 11 is 3.11. The molecule has 104 valence electrons. The molecule has 4 heteroatoms. The molecule has 3 rings (SSSR count). The van der Waals surface area contributed by atoms with Gasteiger partial charge in [-0.05, 0) is 58.6 Å². The summed E-state index contributed by atoms with van der Waals surface area (Å²) in [5, 5.41) is 3.35. The van der Waals surface area contributed by atoms with E-state index >= 15 is 0 Å². The minimum atomic E-state index is -0.505. The van der Waals surface area contributed by atoms with Crippen LogP contribution in [0.4, 0.5) is 8.78 Å². The highest BCUT2D eigenvalue weighted by molar-refractivity contribution is 9.10. The van der Waals surface area contributed by atoms with Gasteiger partial charge in [0.15, 0.2) is 0 Å². The van der Waals surface area contributed by atoms with E-state index in [-0.39, 0.29) is 11.6 Å². The summed E-state index contributed by atoms with van der Waals surface area (Å²) < 4.78 is 28.3. The van der Waals surface area contributed by atoms with Crippen molar-refractivity contribution >= 4 is 15.9 Å². The number of benzene rings is 2. The van der Waals surface area contributed by atoms with Crippen LogP contribution >= 0.6 is 15.9 Å². The van der Waals surface area contributed by atoms with Crippen LogP contribution in [0, 0.1) is 11.6 Å². The van der Waals surface area contributed by atoms with E-state index in [1.54, 1.807) is 0 Å². The van der Waals surface area contributed by atoms with E-state index in [0.717, 1.165) is 18.5 Å². The minimum Gasteiger partial charge on any atom is -0.309 e. The van der Waals surface area contributed by atoms with Gasteiger partial charge in [-0.3, -0.25) is 0 Å². The van der Waals surface area contributed by atoms with E-state index in [1.807, 2.05) is 18.2 Å². The van der Waals surface area contributed by atoms with E-state index in [1.165, 1.54) is 17.7 Å². The predicted molar refractivity (Wildman–Crippen MR) is 78.7 cm³/mol. The standard InChI is InChI=1S/C16H14BrF2N/c17-13-5-6-14(18)12(16(13)19)9-15-11-4-2-1-3-10(11)7-8-20-15/h1-6,15,20H,7-9H2. The van der Waals surface area contributed by atoms with Crippen molar-refractivity contribution in [2.75, 3.05) is 6.54 Å². The van der Waals surface area contributed by atoms with Crippen LogP contribution in [0.2, 0.25) is 0 Å². The molecule has 1 heterocycles. The molecule has 1 aliphatic heterocycles. The molecule has 0 amide bonds. The lowest BCUT2D eigenvalue weighted by molar-refractivity contribution is 0.472. The summed E-state index contributed by atoms with van der Waals surface area (Å²) in [5.41, 5.74) is 2.53. The molecule has 1 atom stereocenters. The summed E-state index contributed by atoms with van der Waals surface area (Å²) in [6.07, 6.45) is 1.27. The van der Waals surface area contributed by atoms with Crippen LogP contribution in [0.3, 0.4) is 0 Å². The molecule has 2 aromatic carbocycles. The molecule has 1 N–H and O–H groups in total. The minimum absolute atomic E-state index is 0.0433. The third-order valence-electron chi connectivity index (χ3n) is 3.76. The van der Waals surface area contributed by atoms with E-state index in [4.69, 9.17) is 0 Å². The molecular weight excluding hydrogens is 324 g/mol. The van der Waals surface area contributed by atoms with Crippen molar-refractivity contribution < 1.29 is 8.78 Å². The molecule has 1 aliphatic rings. The Kier molecular flexibility index (Phi) is 3.85. The topological polar surface area (TPSA) is 12.0 Å². The van der Waals surface area contributed by atoms with Crippen molar-refractivity contribution in [1.29, 1.82) is 0 Å². The average Bonchev–Trinajstić information content (AvgIpc) is 2.48. The average molecular weight is 338 g/mol. The quantitative estimate of drug-likeness (QED) is 0.811. The third-order valence-corrected chi connectivity index (χ3v) is 4.38. The molecule has 1 nitrogen and oxygen atoms in total. The number of hydrogen-bond donors (Lipinski definition) is 1. The van der Waals surface area contributed by atoms with Crippen LogP contribution in [-0.2, 0) is 12.8 Å². The second-order valence-corrected chi connectivity index (χ2v) is 5.84. The van der Waals surface area contributed by atoms with Gasteiger partial charge in [0, 0.05) is 11.6 Å². The highest BCUT2D eigenvalue weighted by Gasteiger charge is 2.23. The highest BCUT2D eigenvalue weighted by Crippen LogP contribution is 2.29. The van der Waals surface area contributed by atoms with Gasteiger partial charge in [0.2, 0.25) is 0 Å². The molecule has 1 unspecified atom stereocenters. The summed E-state index contributed by atoms with van der Waals surface area (Å²) in [5.74, 6) is -0.995. The van der Waals surface area contributed by atoms with Crippen LogP contribution in [0.15, 0.2) is 40.9 Å². The molecule has 20 heavy (non-hydrogen) atoms. The van der Waals surface area contributed by atoms with Gasteiger partial charge in [0.25, 0.3) is 0 Å². The lowest BCUT2D eigenvalue weighted by atomic mass is 9.90. The van der Waals surface area contributed by atoms with Crippen LogP contribution in [0.1, 0.15) is 22.7 Å². The second-order valence-electron chi connectivity index (χ2n) is 4.98. The maximum Gasteiger partial charge on any atom is 0.143 e. The van der Waals surface area contributed by atoms with Crippen molar-refractivity contribution in [3.63, 3.8) is 0 Å². The van der Waals surface area contributed by atoms with Crippen molar-refractivity contribution in [3.8, 4) is 0 Å². The van der Waals surface area contributed by atoms with E-state index in [9.17, 15) is 8.78 Å². The van der Waals surface area contributed by atoms with E-state index in [0.29, 0.717) is 10.9 Å². The largest absolute Gasteiger partial charge is 0.309 e. The fourth-order valence-electron chi connectivity index (χ4n) is 2.74. The molecule has 0 fully saturated rings. The van der Waals surface area contributed by atoms with Gasteiger partial charge in [-0.15, -0.1) is 0 Å². The Hall–Kier alpha value is -1.26. The fraction of sp³-hybridized carbons (Fsp3) is 0.250. The zero-order valence-corrected chi connectivity index (χ0v) is 12.4. The molecule has 2 aromatic rings. The fourth-order valence-corrected chi connectivity index (χ4v) is 3.11. The lowest BCUT2D eigenvalue weighted by Crippen LogP contribution is -2.31. The highest BCUT2D eigenvalue weighted by atomic mass is 79.9. The number of rotatable bonds is 2. The van der Waals surface area contributed by atoms with Crippen molar-refractivity contribution in [1.82, 2.24) is 5.32 Å². The Morgan fingerprint density at radius 2 is 1.95 bits per heavy atom. The first kappa shape index (κ1) is 13.7. The molecule has 0 saturated carbocycles. The second kappa shape index (κ2) is 5.62. The van der Waals surface area contributed by atoms with Crippen molar-refractivity contribution in [2.24, 2.45) is 0 Å². The number of hydrogen-bond acceptors (Lipinski definition) is 1. The van der Waals surface area contributed by atoms with Crippen LogP contribution in [-0.4, -0.2) is 6.54 Å². The van der Waals surface area contributed by atoms with Crippen LogP contribution in [0.5, 0.6) is 0 Å². The molecule has 0 aliphatic carbocycles. The number of halogens is 3. The normalized spacial score (nSPS) is 17.9. The predicted octanol–water partition coefficient (Wildman–Crippen LogP) is 4.16. The number of fused-ring (bicyclic) bond motifs is 1. The summed E-state index contributed by atoms with van der Waals surface area (Å²) in [4.78, 5) is 0. The molecule has 0 bridgehead atoms. The first-order valence-corrected chi connectivity index (χ1v) is 7.39. The smallest absolute Gasteiger partial charge is 0.143 e. The molecular formula is C16H14BrF2N. The van der Waals surface area contributed by atoms with Gasteiger partial charge in [-0.1, -0.05) is 24.3 Å². The summed E-state index contributed by atoms with van der Waals surface area (Å²) in [7, 11) is 0. The van der Waals surface area contributed by atoms with Crippen molar-refractivity contribution in [3.05, 3.63) is 69.2 Å². The SMILES string of the molecule is Fc1ccc(Br)c(F)c1CC1NCCc2ccccc21. The Balaban J connectivity index is 1.96. The Morgan fingerprint density at radius 1 is 1.15 bits per heavy atom. The van der Waals surface area contributed by atoms with E-state index in [2.05, 4.69) is 27.3 Å². The summed E-state index contributed by atoms with van der Waals surface area (Å²) in [6, 6.07) is 10.7. The molecule has 0 aromatic heterocycles. The first-order valence-electron chi connectivity index (χ1n) is 6.60. The maximum atomic E-state index is 14.1. The monoisotopic (exact) mass is 337 g/mol. The van der Waals surface area contributed by atoms with Crippen LogP contribution in [0.25, 0.3) is 0 Å². The van der Waals surface area contributed by atoms with Gasteiger partial charge < -0.3 is 5.32 Å². The summed E-state index contributed by atoms with van der Waals surface area (Å²) in [6.45, 7) is 0.832. The third kappa shape index (κ3) is 2.50. The molecule has 0 radical (unpaired) electrons. The zero-order valence-electron chi connectivity index (χ0n) is 10.8. The molecule has 0 saturated heterocycles. The maximum absolute atomic E-state index is 14.1. The van der Waals surface area contributed by atoms with Gasteiger partial charge in [-0.25, -0.2) is 8.78 Å². The number of nitrogens with one attached hydrogen (secondary N) is 1. The van der Waals surface area contributed by atoms with Gasteiger partial charge in [-0.2, -0.15) is 0 Å². The Bertz CT molecular complexity index is 642. The van der Waals surface area contributed by atoms with E-state index < -0.39 is 11.6 Å². The Morgan fingerprint density at radius 3 is 2.80 bits per heavy atom. The van der Waals surface area contributed by atoms with Gasteiger partial charge >= 0.3 is 0 Å². The Labute approximate surface area is 125 Å². The van der Waals surface area contributed by atoms with Gasteiger partial charge in [0.1, 0.15) is 11.6 Å². The lowest BCUT2D eigenvalue weighted by Gasteiger charge is -2.27. The zero-order chi connectivity index (χ0) is 14.1. The first-order chi connectivity index (χ1) is 9.66. The van der Waals surface area contributed by atoms with Gasteiger partial charge in [0.05, 0.1) is 4.47 Å². The van der Waals surface area contributed by atoms with Crippen LogP contribution < -0.4 is 5.32 Å². The molecule has 0 spiro atoms.